The largest absolute Gasteiger partial charge is 0.347 e. The molecule has 4 aromatic rings. The summed E-state index contributed by atoms with van der Waals surface area (Å²) in [5.74, 6) is 0.211. The molecule has 7 nitrogen and oxygen atoms in total. The second-order valence-corrected chi connectivity index (χ2v) is 10.3. The summed E-state index contributed by atoms with van der Waals surface area (Å²) in [4.78, 5) is 0.183. The monoisotopic (exact) mass is 445 g/mol. The molecule has 1 fully saturated rings. The molecule has 1 N–H and O–H groups in total. The van der Waals surface area contributed by atoms with Crippen molar-refractivity contribution >= 4 is 20.9 Å². The Balaban J connectivity index is 1.36. The molecule has 2 atom stereocenters. The Morgan fingerprint density at radius 2 is 2.06 bits per heavy atom. The molecule has 2 aromatic carbocycles. The number of hydrogen-bond acceptors (Lipinski definition) is 4. The molecule has 3 heterocycles. The summed E-state index contributed by atoms with van der Waals surface area (Å²) < 4.78 is 30.2. The van der Waals surface area contributed by atoms with Crippen LogP contribution in [0, 0.1) is 17.2 Å². The number of nitrogens with zero attached hydrogens (tertiary/aromatic N) is 4. The molecule has 8 heteroatoms. The summed E-state index contributed by atoms with van der Waals surface area (Å²) in [6, 6.07) is 16.6. The zero-order valence-corrected chi connectivity index (χ0v) is 18.5. The van der Waals surface area contributed by atoms with Crippen molar-refractivity contribution in [3.05, 3.63) is 72.7 Å². The van der Waals surface area contributed by atoms with Gasteiger partial charge in [0, 0.05) is 48.0 Å². The summed E-state index contributed by atoms with van der Waals surface area (Å²) in [7, 11) is -3.64. The van der Waals surface area contributed by atoms with Crippen molar-refractivity contribution in [3.8, 4) is 17.2 Å². The molecule has 1 saturated heterocycles. The highest BCUT2D eigenvalue weighted by Crippen LogP contribution is 2.32. The number of sulfonamides is 1. The van der Waals surface area contributed by atoms with Crippen LogP contribution in [-0.4, -0.2) is 40.1 Å². The van der Waals surface area contributed by atoms with Crippen molar-refractivity contribution in [2.45, 2.75) is 30.8 Å². The molecule has 0 radical (unpaired) electrons. The minimum atomic E-state index is -3.64. The van der Waals surface area contributed by atoms with Crippen LogP contribution in [0.15, 0.2) is 72.0 Å². The number of aromatic amines is 1. The van der Waals surface area contributed by atoms with E-state index in [9.17, 15) is 8.42 Å². The normalized spacial score (nSPS) is 19.4. The lowest BCUT2D eigenvalue weighted by atomic mass is 10.1. The van der Waals surface area contributed by atoms with E-state index in [1.165, 1.54) is 6.07 Å². The smallest absolute Gasteiger partial charge is 0.243 e. The average molecular weight is 446 g/mol. The van der Waals surface area contributed by atoms with Gasteiger partial charge in [-0.3, -0.25) is 5.10 Å². The first-order valence-corrected chi connectivity index (χ1v) is 12.0. The first-order chi connectivity index (χ1) is 15.5. The Labute approximate surface area is 187 Å². The third-order valence-corrected chi connectivity index (χ3v) is 8.21. The van der Waals surface area contributed by atoms with E-state index in [1.807, 2.05) is 19.2 Å². The third kappa shape index (κ3) is 3.60. The summed E-state index contributed by atoms with van der Waals surface area (Å²) >= 11 is 0. The second kappa shape index (κ2) is 7.93. The van der Waals surface area contributed by atoms with Gasteiger partial charge in [0.15, 0.2) is 0 Å². The number of nitrogens with one attached hydrogen (secondary N) is 1. The first kappa shape index (κ1) is 20.5. The van der Waals surface area contributed by atoms with E-state index >= 15 is 0 Å². The maximum atomic E-state index is 13.2. The number of hydrogen-bond donors (Lipinski definition) is 1. The molecule has 0 unspecified atom stereocenters. The van der Waals surface area contributed by atoms with E-state index in [2.05, 4.69) is 45.2 Å². The van der Waals surface area contributed by atoms with Crippen LogP contribution < -0.4 is 0 Å². The molecule has 32 heavy (non-hydrogen) atoms. The molecule has 1 aliphatic heterocycles. The fraction of sp³-hybridized carbons (Fsp3) is 0.250. The van der Waals surface area contributed by atoms with Crippen LogP contribution in [0.3, 0.4) is 0 Å². The highest BCUT2D eigenvalue weighted by molar-refractivity contribution is 7.89. The first-order valence-electron chi connectivity index (χ1n) is 10.6. The Hall–Kier alpha value is -3.41. The van der Waals surface area contributed by atoms with Crippen molar-refractivity contribution in [2.75, 3.05) is 6.54 Å². The van der Waals surface area contributed by atoms with Gasteiger partial charge in [-0.25, -0.2) is 8.42 Å². The lowest BCUT2D eigenvalue weighted by Crippen LogP contribution is -2.34. The van der Waals surface area contributed by atoms with Crippen molar-refractivity contribution < 1.29 is 8.42 Å². The van der Waals surface area contributed by atoms with Crippen molar-refractivity contribution in [3.63, 3.8) is 0 Å². The van der Waals surface area contributed by atoms with E-state index in [4.69, 9.17) is 5.26 Å². The molecule has 0 spiro atoms. The molecular formula is C24H23N5O2S. The molecule has 1 aliphatic rings. The van der Waals surface area contributed by atoms with Gasteiger partial charge in [0.2, 0.25) is 10.0 Å². The summed E-state index contributed by atoms with van der Waals surface area (Å²) in [5, 5.41) is 17.1. The van der Waals surface area contributed by atoms with Gasteiger partial charge >= 0.3 is 0 Å². The number of aromatic nitrogens is 3. The summed E-state index contributed by atoms with van der Waals surface area (Å²) in [5.41, 5.74) is 3.64. The zero-order chi connectivity index (χ0) is 22.3. The molecule has 162 valence electrons. The standard InChI is InChI=1S/C24H23N5O2S/c1-17-9-19(16-29(17)32(30,31)23-4-2-3-18(10-23)12-25)15-28-8-7-21-11-20(5-6-24(21)28)22-13-26-27-14-22/h2-8,10-11,13-14,17,19H,9,15-16H2,1H3,(H,26,27)/t17-,19-/m1/s1. The molecule has 5 rings (SSSR count). The maximum absolute atomic E-state index is 13.2. The Bertz CT molecular complexity index is 1420. The number of rotatable bonds is 5. The van der Waals surface area contributed by atoms with E-state index in [0.29, 0.717) is 12.1 Å². The van der Waals surface area contributed by atoms with E-state index < -0.39 is 10.0 Å². The van der Waals surface area contributed by atoms with Gasteiger partial charge < -0.3 is 4.57 Å². The minimum absolute atomic E-state index is 0.0924. The number of nitriles is 1. The molecule has 0 amide bonds. The fourth-order valence-corrected chi connectivity index (χ4v) is 6.43. The SMILES string of the molecule is C[C@@H]1C[C@H](Cn2ccc3cc(-c4cn[nH]c4)ccc32)CN1S(=O)(=O)c1cccc(C#N)c1. The molecule has 2 aromatic heterocycles. The summed E-state index contributed by atoms with van der Waals surface area (Å²) in [6.45, 7) is 3.17. The lowest BCUT2D eigenvalue weighted by molar-refractivity contribution is 0.399. The van der Waals surface area contributed by atoms with E-state index in [-0.39, 0.29) is 16.9 Å². The van der Waals surface area contributed by atoms with Crippen LogP contribution in [0.25, 0.3) is 22.0 Å². The van der Waals surface area contributed by atoms with Crippen LogP contribution in [0.2, 0.25) is 0 Å². The highest BCUT2D eigenvalue weighted by atomic mass is 32.2. The molecule has 0 aliphatic carbocycles. The van der Waals surface area contributed by atoms with Gasteiger partial charge in [-0.05, 0) is 61.2 Å². The Morgan fingerprint density at radius 1 is 1.19 bits per heavy atom. The van der Waals surface area contributed by atoms with Gasteiger partial charge in [-0.15, -0.1) is 0 Å². The number of fused-ring (bicyclic) bond motifs is 1. The highest BCUT2D eigenvalue weighted by Gasteiger charge is 2.38. The average Bonchev–Trinajstić information content (AvgIpc) is 3.54. The van der Waals surface area contributed by atoms with Crippen molar-refractivity contribution in [1.29, 1.82) is 5.26 Å². The Morgan fingerprint density at radius 3 is 2.84 bits per heavy atom. The zero-order valence-electron chi connectivity index (χ0n) is 17.6. The van der Waals surface area contributed by atoms with Gasteiger partial charge in [0.05, 0.1) is 22.7 Å². The fourth-order valence-electron chi connectivity index (χ4n) is 4.66. The molecule has 0 saturated carbocycles. The minimum Gasteiger partial charge on any atom is -0.347 e. The van der Waals surface area contributed by atoms with Gasteiger partial charge in [0.25, 0.3) is 0 Å². The number of benzene rings is 2. The van der Waals surface area contributed by atoms with Gasteiger partial charge in [-0.2, -0.15) is 14.7 Å². The second-order valence-electron chi connectivity index (χ2n) is 8.39. The van der Waals surface area contributed by atoms with Gasteiger partial charge in [0.1, 0.15) is 0 Å². The third-order valence-electron chi connectivity index (χ3n) is 6.23. The van der Waals surface area contributed by atoms with E-state index in [1.54, 1.807) is 28.7 Å². The van der Waals surface area contributed by atoms with Crippen LogP contribution in [0.4, 0.5) is 0 Å². The summed E-state index contributed by atoms with van der Waals surface area (Å²) in [6.07, 6.45) is 6.55. The van der Waals surface area contributed by atoms with Crippen LogP contribution in [-0.2, 0) is 16.6 Å². The van der Waals surface area contributed by atoms with Crippen LogP contribution in [0.1, 0.15) is 18.9 Å². The number of H-pyrrole nitrogens is 1. The predicted molar refractivity (Wildman–Crippen MR) is 122 cm³/mol. The maximum Gasteiger partial charge on any atom is 0.243 e. The van der Waals surface area contributed by atoms with Crippen LogP contribution in [0.5, 0.6) is 0 Å². The van der Waals surface area contributed by atoms with Crippen LogP contribution >= 0.6 is 0 Å². The predicted octanol–water partition coefficient (Wildman–Crippen LogP) is 4.00. The van der Waals surface area contributed by atoms with Gasteiger partial charge in [-0.1, -0.05) is 12.1 Å². The van der Waals surface area contributed by atoms with E-state index in [0.717, 1.165) is 35.0 Å². The topological polar surface area (TPSA) is 94.8 Å². The quantitative estimate of drug-likeness (QED) is 0.502. The molecule has 0 bridgehead atoms. The van der Waals surface area contributed by atoms with Crippen molar-refractivity contribution in [1.82, 2.24) is 19.1 Å². The Kier molecular flexibility index (Phi) is 5.08. The molecular weight excluding hydrogens is 422 g/mol. The lowest BCUT2D eigenvalue weighted by Gasteiger charge is -2.21. The van der Waals surface area contributed by atoms with Crippen molar-refractivity contribution in [2.24, 2.45) is 5.92 Å².